The number of nitrogens with one attached hydrogen (secondary N) is 1. The van der Waals surface area contributed by atoms with Gasteiger partial charge in [0.05, 0.1) is 12.0 Å². The molecule has 0 saturated carbocycles. The van der Waals surface area contributed by atoms with Crippen LogP contribution in [0.5, 0.6) is 0 Å². The van der Waals surface area contributed by atoms with Crippen LogP contribution in [-0.4, -0.2) is 24.4 Å². The van der Waals surface area contributed by atoms with Gasteiger partial charge in [0.25, 0.3) is 11.8 Å². The first kappa shape index (κ1) is 19.1. The lowest BCUT2D eigenvalue weighted by Crippen LogP contribution is -2.23. The number of fused-ring (bicyclic) bond motifs is 1. The SMILES string of the molecule is Cc1ccc(CC(=O)OCC(=O)Nc2sc3c(c2C(N)=O)CCC3)cc1C. The molecule has 3 rings (SSSR count). The van der Waals surface area contributed by atoms with Crippen LogP contribution in [0.15, 0.2) is 18.2 Å². The van der Waals surface area contributed by atoms with Gasteiger partial charge in [-0.05, 0) is 55.4 Å². The van der Waals surface area contributed by atoms with Gasteiger partial charge in [-0.2, -0.15) is 0 Å². The first-order valence-electron chi connectivity index (χ1n) is 8.81. The number of hydrogen-bond donors (Lipinski definition) is 2. The number of nitrogens with two attached hydrogens (primary N) is 1. The summed E-state index contributed by atoms with van der Waals surface area (Å²) >= 11 is 1.37. The Hall–Kier alpha value is -2.67. The monoisotopic (exact) mass is 386 g/mol. The van der Waals surface area contributed by atoms with Gasteiger partial charge in [-0.15, -0.1) is 11.3 Å². The van der Waals surface area contributed by atoms with E-state index in [1.807, 2.05) is 32.0 Å². The molecule has 0 radical (unpaired) electrons. The van der Waals surface area contributed by atoms with Gasteiger partial charge >= 0.3 is 5.97 Å². The minimum atomic E-state index is -0.545. The Morgan fingerprint density at radius 1 is 1.19 bits per heavy atom. The quantitative estimate of drug-likeness (QED) is 0.746. The van der Waals surface area contributed by atoms with Crippen molar-refractivity contribution in [3.63, 3.8) is 0 Å². The molecule has 6 nitrogen and oxygen atoms in total. The smallest absolute Gasteiger partial charge is 0.310 e. The summed E-state index contributed by atoms with van der Waals surface area (Å²) in [5, 5.41) is 3.11. The molecule has 1 aliphatic rings. The molecule has 0 atom stereocenters. The molecule has 1 aromatic heterocycles. The molecule has 2 amide bonds. The zero-order valence-corrected chi connectivity index (χ0v) is 16.2. The number of anilines is 1. The highest BCUT2D eigenvalue weighted by Crippen LogP contribution is 2.38. The minimum absolute atomic E-state index is 0.105. The molecule has 27 heavy (non-hydrogen) atoms. The fraction of sp³-hybridized carbons (Fsp3) is 0.350. The summed E-state index contributed by atoms with van der Waals surface area (Å²) in [6.07, 6.45) is 2.78. The molecular formula is C20H22N2O4S. The summed E-state index contributed by atoms with van der Waals surface area (Å²) in [6, 6.07) is 5.75. The van der Waals surface area contributed by atoms with Crippen LogP contribution in [-0.2, 0) is 33.6 Å². The third kappa shape index (κ3) is 4.36. The fourth-order valence-electron chi connectivity index (χ4n) is 3.19. The Balaban J connectivity index is 1.56. The maximum absolute atomic E-state index is 12.1. The van der Waals surface area contributed by atoms with E-state index in [0.717, 1.165) is 46.4 Å². The van der Waals surface area contributed by atoms with Gasteiger partial charge in [-0.25, -0.2) is 0 Å². The normalized spacial score (nSPS) is 12.5. The van der Waals surface area contributed by atoms with Crippen LogP contribution in [0.1, 0.15) is 43.9 Å². The number of hydrogen-bond acceptors (Lipinski definition) is 5. The number of amides is 2. The molecule has 142 valence electrons. The van der Waals surface area contributed by atoms with E-state index in [2.05, 4.69) is 5.32 Å². The number of esters is 1. The van der Waals surface area contributed by atoms with Gasteiger partial charge in [0.1, 0.15) is 5.00 Å². The maximum Gasteiger partial charge on any atom is 0.310 e. The largest absolute Gasteiger partial charge is 0.455 e. The molecule has 0 aliphatic heterocycles. The second kappa shape index (κ2) is 7.92. The Labute approximate surface area is 161 Å². The Kier molecular flexibility index (Phi) is 5.60. The van der Waals surface area contributed by atoms with E-state index < -0.39 is 24.4 Å². The Morgan fingerprint density at radius 2 is 1.96 bits per heavy atom. The van der Waals surface area contributed by atoms with Crippen LogP contribution < -0.4 is 11.1 Å². The zero-order valence-electron chi connectivity index (χ0n) is 15.4. The summed E-state index contributed by atoms with van der Waals surface area (Å²) in [5.41, 5.74) is 9.89. The number of rotatable bonds is 6. The van der Waals surface area contributed by atoms with Crippen molar-refractivity contribution < 1.29 is 19.1 Å². The minimum Gasteiger partial charge on any atom is -0.455 e. The number of thiophene rings is 1. The van der Waals surface area contributed by atoms with Crippen molar-refractivity contribution in [2.75, 3.05) is 11.9 Å². The first-order chi connectivity index (χ1) is 12.8. The van der Waals surface area contributed by atoms with Crippen molar-refractivity contribution in [1.29, 1.82) is 0 Å². The van der Waals surface area contributed by atoms with Crippen molar-refractivity contribution >= 4 is 34.1 Å². The van der Waals surface area contributed by atoms with Crippen molar-refractivity contribution in [2.24, 2.45) is 5.73 Å². The number of benzene rings is 1. The Morgan fingerprint density at radius 3 is 2.67 bits per heavy atom. The van der Waals surface area contributed by atoms with Crippen LogP contribution in [0, 0.1) is 13.8 Å². The van der Waals surface area contributed by atoms with Gasteiger partial charge in [0.2, 0.25) is 0 Å². The third-order valence-electron chi connectivity index (χ3n) is 4.70. The zero-order chi connectivity index (χ0) is 19.6. The van der Waals surface area contributed by atoms with E-state index in [-0.39, 0.29) is 6.42 Å². The van der Waals surface area contributed by atoms with E-state index in [0.29, 0.717) is 10.6 Å². The predicted octanol–water partition coefficient (Wildman–Crippen LogP) is 2.68. The molecule has 0 spiro atoms. The molecule has 1 heterocycles. The second-order valence-corrected chi connectivity index (χ2v) is 7.84. The number of aryl methyl sites for hydroxylation is 3. The molecule has 3 N–H and O–H groups in total. The van der Waals surface area contributed by atoms with Gasteiger partial charge in [0.15, 0.2) is 6.61 Å². The molecule has 1 aromatic carbocycles. The van der Waals surface area contributed by atoms with Crippen molar-refractivity contribution in [2.45, 2.75) is 39.5 Å². The lowest BCUT2D eigenvalue weighted by molar-refractivity contribution is -0.146. The number of ether oxygens (including phenoxy) is 1. The van der Waals surface area contributed by atoms with Crippen LogP contribution in [0.2, 0.25) is 0 Å². The lowest BCUT2D eigenvalue weighted by Gasteiger charge is -2.08. The summed E-state index contributed by atoms with van der Waals surface area (Å²) in [4.78, 5) is 36.9. The standard InChI is InChI=1S/C20H22N2O4S/c1-11-6-7-13(8-12(11)2)9-17(24)26-10-16(23)22-20-18(19(21)25)14-4-3-5-15(14)27-20/h6-8H,3-5,9-10H2,1-2H3,(H2,21,25)(H,22,23). The lowest BCUT2D eigenvalue weighted by atomic mass is 10.0. The number of carbonyl (C=O) groups excluding carboxylic acids is 3. The third-order valence-corrected chi connectivity index (χ3v) is 5.91. The van der Waals surface area contributed by atoms with Gasteiger partial charge in [0, 0.05) is 4.88 Å². The van der Waals surface area contributed by atoms with Crippen molar-refractivity contribution in [3.8, 4) is 0 Å². The maximum atomic E-state index is 12.1. The summed E-state index contributed by atoms with van der Waals surface area (Å²) in [5.74, 6) is -1.50. The van der Waals surface area contributed by atoms with Crippen LogP contribution in [0.3, 0.4) is 0 Å². The van der Waals surface area contributed by atoms with Crippen LogP contribution in [0.25, 0.3) is 0 Å². The van der Waals surface area contributed by atoms with Crippen LogP contribution >= 0.6 is 11.3 Å². The molecular weight excluding hydrogens is 364 g/mol. The number of carbonyl (C=O) groups is 3. The van der Waals surface area contributed by atoms with Gasteiger partial charge in [-0.3, -0.25) is 14.4 Å². The highest BCUT2D eigenvalue weighted by atomic mass is 32.1. The van der Waals surface area contributed by atoms with Crippen molar-refractivity contribution in [1.82, 2.24) is 0 Å². The summed E-state index contributed by atoms with van der Waals surface area (Å²) in [7, 11) is 0. The van der Waals surface area contributed by atoms with E-state index in [9.17, 15) is 14.4 Å². The average Bonchev–Trinajstić information content (AvgIpc) is 3.16. The molecule has 0 bridgehead atoms. The summed E-state index contributed by atoms with van der Waals surface area (Å²) in [6.45, 7) is 3.58. The first-order valence-corrected chi connectivity index (χ1v) is 9.62. The van der Waals surface area contributed by atoms with Gasteiger partial charge < -0.3 is 15.8 Å². The van der Waals surface area contributed by atoms with E-state index in [1.165, 1.54) is 11.3 Å². The number of primary amides is 1. The second-order valence-electron chi connectivity index (χ2n) is 6.73. The van der Waals surface area contributed by atoms with Gasteiger partial charge in [-0.1, -0.05) is 18.2 Å². The molecule has 0 fully saturated rings. The topological polar surface area (TPSA) is 98.5 Å². The van der Waals surface area contributed by atoms with Crippen LogP contribution in [0.4, 0.5) is 5.00 Å². The molecule has 7 heteroatoms. The molecule has 1 aliphatic carbocycles. The highest BCUT2D eigenvalue weighted by molar-refractivity contribution is 7.17. The summed E-state index contributed by atoms with van der Waals surface area (Å²) < 4.78 is 5.07. The van der Waals surface area contributed by atoms with E-state index in [1.54, 1.807) is 0 Å². The highest BCUT2D eigenvalue weighted by Gasteiger charge is 2.26. The van der Waals surface area contributed by atoms with E-state index in [4.69, 9.17) is 10.5 Å². The molecule has 0 saturated heterocycles. The molecule has 0 unspecified atom stereocenters. The van der Waals surface area contributed by atoms with Crippen molar-refractivity contribution in [3.05, 3.63) is 50.9 Å². The van der Waals surface area contributed by atoms with E-state index >= 15 is 0 Å². The molecule has 2 aromatic rings. The Bertz CT molecular complexity index is 917. The predicted molar refractivity (Wildman–Crippen MR) is 104 cm³/mol. The fourth-order valence-corrected chi connectivity index (χ4v) is 4.50. The average molecular weight is 386 g/mol.